The molecule has 0 bridgehead atoms. The zero-order valence-electron chi connectivity index (χ0n) is 14.8. The van der Waals surface area contributed by atoms with Gasteiger partial charge in [0.25, 0.3) is 0 Å². The second kappa shape index (κ2) is 5.03. The summed E-state index contributed by atoms with van der Waals surface area (Å²) in [6.07, 6.45) is 3.86. The van der Waals surface area contributed by atoms with E-state index < -0.39 is 0 Å². The molecule has 124 valence electrons. The molecule has 1 aliphatic rings. The maximum atomic E-state index is 7.39. The number of hydrogen-bond acceptors (Lipinski definition) is 2. The van der Waals surface area contributed by atoms with E-state index in [4.69, 9.17) is 11.3 Å². The molecule has 0 saturated carbocycles. The van der Waals surface area contributed by atoms with Crippen LogP contribution in [0.25, 0.3) is 37.8 Å². The lowest BCUT2D eigenvalue weighted by molar-refractivity contribution is -0.659. The predicted octanol–water partition coefficient (Wildman–Crippen LogP) is 5.15. The van der Waals surface area contributed by atoms with Crippen molar-refractivity contribution in [3.8, 4) is 22.8 Å². The molecule has 0 amide bonds. The number of hydrogen-bond donors (Lipinski definition) is 0. The Kier molecular flexibility index (Phi) is 2.87. The van der Waals surface area contributed by atoms with Crippen LogP contribution in [0.1, 0.15) is 11.1 Å². The third-order valence-corrected chi connectivity index (χ3v) is 5.27. The first-order valence-corrected chi connectivity index (χ1v) is 8.50. The Hall–Kier alpha value is -3.45. The Balaban J connectivity index is 2.03. The highest BCUT2D eigenvalue weighted by molar-refractivity contribution is 6.06. The van der Waals surface area contributed by atoms with Gasteiger partial charge in [-0.3, -0.25) is 4.98 Å². The molecule has 4 nitrogen and oxygen atoms in total. The topological polar surface area (TPSA) is 30.4 Å². The first-order valence-electron chi connectivity index (χ1n) is 8.50. The Bertz CT molecular complexity index is 1300. The fraction of sp³-hybridized carbons (Fsp3) is 0.136. The fourth-order valence-corrected chi connectivity index (χ4v) is 4.03. The van der Waals surface area contributed by atoms with Crippen molar-refractivity contribution in [1.29, 1.82) is 0 Å². The Morgan fingerprint density at radius 2 is 2.00 bits per heavy atom. The van der Waals surface area contributed by atoms with Gasteiger partial charge >= 0.3 is 0 Å². The molecule has 0 radical (unpaired) electrons. The highest BCUT2D eigenvalue weighted by Gasteiger charge is 2.32. The summed E-state index contributed by atoms with van der Waals surface area (Å²) in [6.45, 7) is 11.6. The van der Waals surface area contributed by atoms with Crippen LogP contribution >= 0.6 is 0 Å². The molecule has 4 heteroatoms. The van der Waals surface area contributed by atoms with E-state index in [1.807, 2.05) is 36.7 Å². The number of fused-ring (bicyclic) bond motifs is 3. The molecule has 26 heavy (non-hydrogen) atoms. The van der Waals surface area contributed by atoms with E-state index in [0.717, 1.165) is 55.6 Å². The van der Waals surface area contributed by atoms with Crippen LogP contribution in [0.3, 0.4) is 0 Å². The summed E-state index contributed by atoms with van der Waals surface area (Å²) in [6, 6.07) is 9.88. The van der Waals surface area contributed by atoms with Crippen LogP contribution in [-0.2, 0) is 7.05 Å². The van der Waals surface area contributed by atoms with E-state index >= 15 is 0 Å². The number of pyridine rings is 2. The van der Waals surface area contributed by atoms with E-state index in [1.165, 1.54) is 0 Å². The zero-order valence-corrected chi connectivity index (χ0v) is 14.8. The number of ether oxygens (including phenoxy) is 1. The number of nitrogens with zero attached hydrogens (tertiary/aromatic N) is 3. The molecule has 2 aromatic heterocycles. The minimum Gasteiger partial charge on any atom is -0.457 e. The molecule has 0 atom stereocenters. The highest BCUT2D eigenvalue weighted by Crippen LogP contribution is 2.50. The molecule has 5 rings (SSSR count). The van der Waals surface area contributed by atoms with Gasteiger partial charge in [0.05, 0.1) is 23.0 Å². The van der Waals surface area contributed by atoms with Crippen molar-refractivity contribution >= 4 is 27.4 Å². The van der Waals surface area contributed by atoms with Gasteiger partial charge in [-0.1, -0.05) is 6.07 Å². The summed E-state index contributed by atoms with van der Waals surface area (Å²) in [5, 5.41) is 3.22. The Morgan fingerprint density at radius 3 is 2.81 bits per heavy atom. The minimum atomic E-state index is 0.587. The molecule has 0 N–H and O–H groups in total. The van der Waals surface area contributed by atoms with Gasteiger partial charge in [-0.25, -0.2) is 9.41 Å². The largest absolute Gasteiger partial charge is 0.457 e. The molecular weight excluding hydrogens is 322 g/mol. The second-order valence-corrected chi connectivity index (χ2v) is 6.75. The van der Waals surface area contributed by atoms with Crippen LogP contribution < -0.4 is 9.30 Å². The Morgan fingerprint density at radius 1 is 1.15 bits per heavy atom. The van der Waals surface area contributed by atoms with Gasteiger partial charge in [-0.05, 0) is 43.0 Å². The lowest BCUT2D eigenvalue weighted by atomic mass is 9.91. The van der Waals surface area contributed by atoms with Crippen molar-refractivity contribution < 1.29 is 9.30 Å². The van der Waals surface area contributed by atoms with Gasteiger partial charge in [0.1, 0.15) is 18.5 Å². The normalized spacial score (nSPS) is 11.9. The quantitative estimate of drug-likeness (QED) is 0.289. The van der Waals surface area contributed by atoms with Crippen LogP contribution in [0.15, 0.2) is 42.7 Å². The molecule has 0 spiro atoms. The number of rotatable bonds is 0. The standard InChI is InChI=1S/C22H16N3O/c1-12-16-6-5-8-24-20(16)13(2)22-18(12)21-19-14(7-9-25(21)4)10-15(23-3)11-17(19)26-22/h5-11H,1-2,4H3/q+1. The van der Waals surface area contributed by atoms with Crippen molar-refractivity contribution in [1.82, 2.24) is 4.98 Å². The first kappa shape index (κ1) is 14.9. The van der Waals surface area contributed by atoms with E-state index in [0.29, 0.717) is 5.69 Å². The molecule has 3 heterocycles. The van der Waals surface area contributed by atoms with E-state index in [9.17, 15) is 0 Å². The van der Waals surface area contributed by atoms with Crippen molar-refractivity contribution in [2.45, 2.75) is 13.8 Å². The SMILES string of the molecule is [C-]#[N+]c1cc2c3c([n+](C)ccc3c1)-c1c(c(C)c3ncccc3c1C)O2. The zero-order chi connectivity index (χ0) is 18.0. The fourth-order valence-electron chi connectivity index (χ4n) is 4.03. The molecular formula is C22H16N3O+. The third-order valence-electron chi connectivity index (χ3n) is 5.27. The van der Waals surface area contributed by atoms with Gasteiger partial charge in [-0.2, -0.15) is 0 Å². The number of aryl methyl sites for hydroxylation is 3. The van der Waals surface area contributed by atoms with E-state index in [1.54, 1.807) is 0 Å². The Labute approximate surface area is 151 Å². The van der Waals surface area contributed by atoms with E-state index in [-0.39, 0.29) is 0 Å². The minimum absolute atomic E-state index is 0.587. The van der Waals surface area contributed by atoms with Crippen molar-refractivity contribution in [3.63, 3.8) is 0 Å². The molecule has 1 aliphatic heterocycles. The summed E-state index contributed by atoms with van der Waals surface area (Å²) in [5.41, 5.74) is 5.97. The van der Waals surface area contributed by atoms with Gasteiger partial charge < -0.3 is 4.74 Å². The highest BCUT2D eigenvalue weighted by atomic mass is 16.5. The van der Waals surface area contributed by atoms with Gasteiger partial charge in [0, 0.05) is 23.2 Å². The molecule has 0 unspecified atom stereocenters. The van der Waals surface area contributed by atoms with Crippen LogP contribution in [0.5, 0.6) is 11.5 Å². The smallest absolute Gasteiger partial charge is 0.227 e. The molecule has 4 aromatic rings. The monoisotopic (exact) mass is 338 g/mol. The molecule has 0 aliphatic carbocycles. The predicted molar refractivity (Wildman–Crippen MR) is 102 cm³/mol. The molecule has 2 aromatic carbocycles. The maximum Gasteiger partial charge on any atom is 0.227 e. The second-order valence-electron chi connectivity index (χ2n) is 6.75. The van der Waals surface area contributed by atoms with Crippen LogP contribution in [0.4, 0.5) is 5.69 Å². The number of benzene rings is 2. The van der Waals surface area contributed by atoms with Crippen molar-refractivity contribution in [3.05, 3.63) is 65.3 Å². The van der Waals surface area contributed by atoms with Crippen LogP contribution in [0, 0.1) is 20.4 Å². The van der Waals surface area contributed by atoms with Gasteiger partial charge in [0.15, 0.2) is 11.9 Å². The third kappa shape index (κ3) is 1.77. The maximum absolute atomic E-state index is 7.39. The van der Waals surface area contributed by atoms with Gasteiger partial charge in [0.2, 0.25) is 5.69 Å². The summed E-state index contributed by atoms with van der Waals surface area (Å²) in [4.78, 5) is 8.18. The summed E-state index contributed by atoms with van der Waals surface area (Å²) >= 11 is 0. The summed E-state index contributed by atoms with van der Waals surface area (Å²) in [7, 11) is 2.05. The number of aromatic nitrogens is 2. The van der Waals surface area contributed by atoms with Crippen molar-refractivity contribution in [2.24, 2.45) is 7.05 Å². The van der Waals surface area contributed by atoms with E-state index in [2.05, 4.69) is 41.4 Å². The van der Waals surface area contributed by atoms with Crippen molar-refractivity contribution in [2.75, 3.05) is 0 Å². The van der Waals surface area contributed by atoms with Crippen LogP contribution in [-0.4, -0.2) is 4.98 Å². The lowest BCUT2D eigenvalue weighted by Gasteiger charge is -2.23. The lowest BCUT2D eigenvalue weighted by Crippen LogP contribution is -2.32. The molecule has 0 saturated heterocycles. The summed E-state index contributed by atoms with van der Waals surface area (Å²) in [5.74, 6) is 1.58. The average Bonchev–Trinajstić information content (AvgIpc) is 2.67. The van der Waals surface area contributed by atoms with Gasteiger partial charge in [-0.15, -0.1) is 0 Å². The first-order chi connectivity index (χ1) is 12.6. The summed E-state index contributed by atoms with van der Waals surface area (Å²) < 4.78 is 8.51. The average molecular weight is 338 g/mol. The van der Waals surface area contributed by atoms with Crippen LogP contribution in [0.2, 0.25) is 0 Å². The molecule has 0 fully saturated rings.